The van der Waals surface area contributed by atoms with E-state index >= 15 is 0 Å². The first-order valence-corrected chi connectivity index (χ1v) is 4.75. The van der Waals surface area contributed by atoms with Crippen molar-refractivity contribution in [3.05, 3.63) is 17.5 Å². The van der Waals surface area contributed by atoms with Crippen LogP contribution in [0.1, 0.15) is 11.4 Å². The van der Waals surface area contributed by atoms with Gasteiger partial charge in [0.15, 0.2) is 11.5 Å². The summed E-state index contributed by atoms with van der Waals surface area (Å²) in [6, 6.07) is 1.23. The average molecular weight is 265 g/mol. The molecular weight excluding hydrogens is 255 g/mol. The number of aliphatic carboxylic acids is 1. The summed E-state index contributed by atoms with van der Waals surface area (Å²) in [6.07, 6.45) is -5.64. The minimum absolute atomic E-state index is 0.212. The quantitative estimate of drug-likeness (QED) is 0.900. The van der Waals surface area contributed by atoms with Gasteiger partial charge in [-0.15, -0.1) is 13.2 Å². The van der Waals surface area contributed by atoms with Gasteiger partial charge in [0.2, 0.25) is 0 Å². The molecule has 0 radical (unpaired) electrons. The van der Waals surface area contributed by atoms with E-state index in [9.17, 15) is 18.0 Å². The van der Waals surface area contributed by atoms with E-state index in [0.29, 0.717) is 5.69 Å². The second-order valence-electron chi connectivity index (χ2n) is 3.36. The van der Waals surface area contributed by atoms with E-state index in [1.165, 1.54) is 13.0 Å². The standard InChI is InChI=1S/C10H10F3NO4/c1-5-3-7(17-2)9(18-10(11,12)13)6(14-5)4-8(15)16/h3H,4H2,1-2H3,(H,15,16). The molecule has 0 aliphatic carbocycles. The Kier molecular flexibility index (Phi) is 4.00. The summed E-state index contributed by atoms with van der Waals surface area (Å²) in [5.41, 5.74) is -0.00528. The zero-order valence-corrected chi connectivity index (χ0v) is 9.54. The van der Waals surface area contributed by atoms with Crippen LogP contribution in [-0.4, -0.2) is 29.5 Å². The Bertz CT molecular complexity index is 459. The molecule has 8 heteroatoms. The van der Waals surface area contributed by atoms with Gasteiger partial charge in [-0.1, -0.05) is 0 Å². The number of alkyl halides is 3. The highest BCUT2D eigenvalue weighted by atomic mass is 19.4. The number of pyridine rings is 1. The number of halogens is 3. The maximum absolute atomic E-state index is 12.2. The van der Waals surface area contributed by atoms with Crippen LogP contribution in [0.2, 0.25) is 0 Å². The Balaban J connectivity index is 3.28. The molecule has 0 saturated heterocycles. The minimum atomic E-state index is -4.95. The van der Waals surface area contributed by atoms with Gasteiger partial charge in [-0.05, 0) is 6.92 Å². The molecule has 0 spiro atoms. The number of aryl methyl sites for hydroxylation is 1. The molecule has 0 unspecified atom stereocenters. The topological polar surface area (TPSA) is 68.7 Å². The third-order valence-corrected chi connectivity index (χ3v) is 1.89. The highest BCUT2D eigenvalue weighted by Gasteiger charge is 2.34. The molecule has 1 heterocycles. The number of hydrogen-bond acceptors (Lipinski definition) is 4. The number of nitrogens with zero attached hydrogens (tertiary/aromatic N) is 1. The van der Waals surface area contributed by atoms with Crippen LogP contribution < -0.4 is 9.47 Å². The molecule has 0 aromatic carbocycles. The fourth-order valence-electron chi connectivity index (χ4n) is 1.33. The maximum atomic E-state index is 12.2. The van der Waals surface area contributed by atoms with Gasteiger partial charge in [0.1, 0.15) is 0 Å². The predicted molar refractivity (Wildman–Crippen MR) is 53.5 cm³/mol. The predicted octanol–water partition coefficient (Wildman–Crippen LogP) is 1.92. The van der Waals surface area contributed by atoms with Crippen LogP contribution in [0.5, 0.6) is 11.5 Å². The number of methoxy groups -OCH3 is 1. The molecular formula is C10H10F3NO4. The molecule has 18 heavy (non-hydrogen) atoms. The molecule has 0 aliphatic heterocycles. The van der Waals surface area contributed by atoms with Crippen LogP contribution in [-0.2, 0) is 11.2 Å². The van der Waals surface area contributed by atoms with Crippen molar-refractivity contribution in [3.63, 3.8) is 0 Å². The van der Waals surface area contributed by atoms with Crippen molar-refractivity contribution in [2.75, 3.05) is 7.11 Å². The van der Waals surface area contributed by atoms with Crippen LogP contribution in [0, 0.1) is 6.92 Å². The molecule has 100 valence electrons. The number of ether oxygens (including phenoxy) is 2. The minimum Gasteiger partial charge on any atom is -0.493 e. The molecule has 0 saturated carbocycles. The van der Waals surface area contributed by atoms with E-state index < -0.39 is 24.5 Å². The zero-order valence-electron chi connectivity index (χ0n) is 9.54. The number of aromatic nitrogens is 1. The van der Waals surface area contributed by atoms with Gasteiger partial charge in [0, 0.05) is 11.8 Å². The molecule has 0 amide bonds. The Labute approximate surface area is 100 Å². The highest BCUT2D eigenvalue weighted by molar-refractivity contribution is 5.71. The summed E-state index contributed by atoms with van der Waals surface area (Å²) in [7, 11) is 1.16. The number of rotatable bonds is 4. The fraction of sp³-hybridized carbons (Fsp3) is 0.400. The summed E-state index contributed by atoms with van der Waals surface area (Å²) in [5.74, 6) is -2.25. The van der Waals surface area contributed by atoms with Gasteiger partial charge < -0.3 is 14.6 Å². The molecule has 1 N–H and O–H groups in total. The van der Waals surface area contributed by atoms with Gasteiger partial charge >= 0.3 is 12.3 Å². The van der Waals surface area contributed by atoms with Crippen molar-refractivity contribution in [2.24, 2.45) is 0 Å². The van der Waals surface area contributed by atoms with Gasteiger partial charge in [-0.2, -0.15) is 0 Å². The monoisotopic (exact) mass is 265 g/mol. The summed E-state index contributed by atoms with van der Waals surface area (Å²) in [6.45, 7) is 1.51. The zero-order chi connectivity index (χ0) is 13.9. The molecule has 0 atom stereocenters. The first-order chi connectivity index (χ1) is 8.23. The van der Waals surface area contributed by atoms with E-state index in [4.69, 9.17) is 9.84 Å². The molecule has 1 rings (SSSR count). The number of carbonyl (C=O) groups is 1. The normalized spacial score (nSPS) is 11.2. The van der Waals surface area contributed by atoms with E-state index in [0.717, 1.165) is 7.11 Å². The number of carboxylic acid groups (broad SMARTS) is 1. The van der Waals surface area contributed by atoms with Crippen molar-refractivity contribution in [1.29, 1.82) is 0 Å². The summed E-state index contributed by atoms with van der Waals surface area (Å²) >= 11 is 0. The molecule has 0 aliphatic rings. The van der Waals surface area contributed by atoms with Gasteiger partial charge in [0.05, 0.1) is 19.2 Å². The SMILES string of the molecule is COc1cc(C)nc(CC(=O)O)c1OC(F)(F)F. The third-order valence-electron chi connectivity index (χ3n) is 1.89. The van der Waals surface area contributed by atoms with Crippen LogP contribution in [0.3, 0.4) is 0 Å². The number of carboxylic acids is 1. The van der Waals surface area contributed by atoms with Gasteiger partial charge in [0.25, 0.3) is 0 Å². The van der Waals surface area contributed by atoms with E-state index in [-0.39, 0.29) is 11.4 Å². The second kappa shape index (κ2) is 5.11. The van der Waals surface area contributed by atoms with Crippen LogP contribution >= 0.6 is 0 Å². The van der Waals surface area contributed by atoms with Gasteiger partial charge in [-0.25, -0.2) is 0 Å². The first kappa shape index (κ1) is 14.1. The maximum Gasteiger partial charge on any atom is 0.573 e. The van der Waals surface area contributed by atoms with Crippen molar-refractivity contribution in [1.82, 2.24) is 4.98 Å². The molecule has 5 nitrogen and oxygen atoms in total. The second-order valence-corrected chi connectivity index (χ2v) is 3.36. The van der Waals surface area contributed by atoms with Crippen molar-refractivity contribution in [3.8, 4) is 11.5 Å². The van der Waals surface area contributed by atoms with E-state index in [1.807, 2.05) is 0 Å². The molecule has 1 aromatic heterocycles. The lowest BCUT2D eigenvalue weighted by atomic mass is 10.2. The van der Waals surface area contributed by atoms with Crippen molar-refractivity contribution in [2.45, 2.75) is 19.7 Å². The Morgan fingerprint density at radius 3 is 2.56 bits per heavy atom. The summed E-state index contributed by atoms with van der Waals surface area (Å²) < 4.78 is 45.2. The van der Waals surface area contributed by atoms with Gasteiger partial charge in [-0.3, -0.25) is 9.78 Å². The average Bonchev–Trinajstić information content (AvgIpc) is 2.19. The van der Waals surface area contributed by atoms with Crippen LogP contribution in [0.15, 0.2) is 6.07 Å². The lowest BCUT2D eigenvalue weighted by Crippen LogP contribution is -2.20. The Morgan fingerprint density at radius 1 is 1.50 bits per heavy atom. The first-order valence-electron chi connectivity index (χ1n) is 4.75. The number of hydrogen-bond donors (Lipinski definition) is 1. The lowest BCUT2D eigenvalue weighted by Gasteiger charge is -2.15. The van der Waals surface area contributed by atoms with E-state index in [1.54, 1.807) is 0 Å². The molecule has 0 fully saturated rings. The van der Waals surface area contributed by atoms with Crippen molar-refractivity contribution < 1.29 is 32.5 Å². The van der Waals surface area contributed by atoms with E-state index in [2.05, 4.69) is 9.72 Å². The molecule has 1 aromatic rings. The third kappa shape index (κ3) is 3.79. The fourth-order valence-corrected chi connectivity index (χ4v) is 1.33. The summed E-state index contributed by atoms with van der Waals surface area (Å²) in [4.78, 5) is 14.3. The largest absolute Gasteiger partial charge is 0.573 e. The summed E-state index contributed by atoms with van der Waals surface area (Å²) in [5, 5.41) is 8.63. The highest BCUT2D eigenvalue weighted by Crippen LogP contribution is 2.35. The lowest BCUT2D eigenvalue weighted by molar-refractivity contribution is -0.275. The Hall–Kier alpha value is -1.99. The van der Waals surface area contributed by atoms with Crippen molar-refractivity contribution >= 4 is 5.97 Å². The Morgan fingerprint density at radius 2 is 2.11 bits per heavy atom. The molecule has 0 bridgehead atoms. The van der Waals surface area contributed by atoms with Crippen LogP contribution in [0.25, 0.3) is 0 Å². The van der Waals surface area contributed by atoms with Crippen LogP contribution in [0.4, 0.5) is 13.2 Å². The smallest absolute Gasteiger partial charge is 0.493 e.